The van der Waals surface area contributed by atoms with Crippen LogP contribution < -0.4 is 10.6 Å². The first-order chi connectivity index (χ1) is 14.2. The van der Waals surface area contributed by atoms with E-state index in [0.29, 0.717) is 23.8 Å². The summed E-state index contributed by atoms with van der Waals surface area (Å²) < 4.78 is 5.59. The molecule has 3 aromatic rings. The van der Waals surface area contributed by atoms with Crippen LogP contribution in [0.5, 0.6) is 0 Å². The van der Waals surface area contributed by atoms with Crippen molar-refractivity contribution in [3.05, 3.63) is 71.9 Å². The van der Waals surface area contributed by atoms with Crippen LogP contribution in [0.3, 0.4) is 0 Å². The van der Waals surface area contributed by atoms with E-state index in [1.807, 2.05) is 61.5 Å². The van der Waals surface area contributed by atoms with Gasteiger partial charge in [0.15, 0.2) is 5.82 Å². The Kier molecular flexibility index (Phi) is 5.81. The minimum absolute atomic E-state index is 0.0802. The maximum atomic E-state index is 12.8. The number of ether oxygens (including phenoxy) is 1. The molecule has 1 amide bonds. The summed E-state index contributed by atoms with van der Waals surface area (Å²) in [4.78, 5) is 21.9. The van der Waals surface area contributed by atoms with Gasteiger partial charge >= 0.3 is 0 Å². The van der Waals surface area contributed by atoms with Crippen molar-refractivity contribution in [3.63, 3.8) is 0 Å². The zero-order chi connectivity index (χ0) is 20.1. The fraction of sp³-hybridized carbons (Fsp3) is 0.261. The van der Waals surface area contributed by atoms with Gasteiger partial charge in [-0.1, -0.05) is 42.5 Å². The summed E-state index contributed by atoms with van der Waals surface area (Å²) in [5.74, 6) is 0.834. The molecule has 1 atom stereocenters. The lowest BCUT2D eigenvalue weighted by Gasteiger charge is -2.14. The molecule has 0 aliphatic carbocycles. The molecular formula is C23H24N4O2. The molecule has 0 bridgehead atoms. The van der Waals surface area contributed by atoms with Crippen molar-refractivity contribution in [1.82, 2.24) is 15.3 Å². The summed E-state index contributed by atoms with van der Waals surface area (Å²) in [5, 5.41) is 6.24. The number of aryl methyl sites for hydroxylation is 1. The lowest BCUT2D eigenvalue weighted by Crippen LogP contribution is -2.32. The molecule has 0 radical (unpaired) electrons. The van der Waals surface area contributed by atoms with Crippen molar-refractivity contribution in [2.24, 2.45) is 0 Å². The Labute approximate surface area is 170 Å². The largest absolute Gasteiger partial charge is 0.376 e. The Balaban J connectivity index is 1.62. The number of nitrogens with one attached hydrogen (secondary N) is 2. The highest BCUT2D eigenvalue weighted by molar-refractivity contribution is 5.99. The maximum absolute atomic E-state index is 12.8. The summed E-state index contributed by atoms with van der Waals surface area (Å²) in [6.45, 7) is 3.27. The molecule has 1 saturated heterocycles. The second kappa shape index (κ2) is 8.84. The smallest absolute Gasteiger partial charge is 0.256 e. The molecular weight excluding hydrogens is 364 g/mol. The van der Waals surface area contributed by atoms with Crippen molar-refractivity contribution >= 4 is 17.4 Å². The first kappa shape index (κ1) is 19.1. The van der Waals surface area contributed by atoms with Crippen LogP contribution in [0.4, 0.5) is 11.5 Å². The number of anilines is 2. The van der Waals surface area contributed by atoms with Gasteiger partial charge in [-0.05, 0) is 37.5 Å². The fourth-order valence-corrected chi connectivity index (χ4v) is 3.34. The highest BCUT2D eigenvalue weighted by Gasteiger charge is 2.20. The Bertz CT molecular complexity index is 985. The lowest BCUT2D eigenvalue weighted by molar-refractivity contribution is 0.0858. The van der Waals surface area contributed by atoms with E-state index in [2.05, 4.69) is 20.6 Å². The SMILES string of the molecule is Cc1cccc(Nc2nc(-c3ccccc3)ncc2C(=O)NCC2CCCO2)c1. The van der Waals surface area contributed by atoms with Gasteiger partial charge in [0, 0.05) is 30.6 Å². The van der Waals surface area contributed by atoms with Crippen LogP contribution >= 0.6 is 0 Å². The van der Waals surface area contributed by atoms with Crippen LogP contribution in [0.15, 0.2) is 60.8 Å². The molecule has 6 heteroatoms. The normalized spacial score (nSPS) is 15.8. The Morgan fingerprint density at radius 3 is 2.79 bits per heavy atom. The minimum Gasteiger partial charge on any atom is -0.376 e. The molecule has 29 heavy (non-hydrogen) atoms. The van der Waals surface area contributed by atoms with Crippen LogP contribution in [-0.4, -0.2) is 35.1 Å². The summed E-state index contributed by atoms with van der Waals surface area (Å²) in [7, 11) is 0. The van der Waals surface area contributed by atoms with Crippen LogP contribution in [0.2, 0.25) is 0 Å². The fourth-order valence-electron chi connectivity index (χ4n) is 3.34. The monoisotopic (exact) mass is 388 g/mol. The third kappa shape index (κ3) is 4.78. The van der Waals surface area contributed by atoms with E-state index < -0.39 is 0 Å². The van der Waals surface area contributed by atoms with Gasteiger partial charge in [-0.3, -0.25) is 4.79 Å². The molecule has 0 spiro atoms. The summed E-state index contributed by atoms with van der Waals surface area (Å²) in [6.07, 6.45) is 3.67. The molecule has 6 nitrogen and oxygen atoms in total. The number of amides is 1. The summed E-state index contributed by atoms with van der Waals surface area (Å²) >= 11 is 0. The molecule has 1 fully saturated rings. The van der Waals surface area contributed by atoms with Crippen molar-refractivity contribution < 1.29 is 9.53 Å². The molecule has 1 unspecified atom stereocenters. The number of hydrogen-bond donors (Lipinski definition) is 2. The van der Waals surface area contributed by atoms with Crippen molar-refractivity contribution in [2.45, 2.75) is 25.9 Å². The Hall–Kier alpha value is -3.25. The number of carbonyl (C=O) groups is 1. The van der Waals surface area contributed by atoms with E-state index in [-0.39, 0.29) is 12.0 Å². The van der Waals surface area contributed by atoms with E-state index in [1.54, 1.807) is 6.20 Å². The average molecular weight is 388 g/mol. The van der Waals surface area contributed by atoms with Crippen molar-refractivity contribution in [1.29, 1.82) is 0 Å². The van der Waals surface area contributed by atoms with Gasteiger partial charge in [0.05, 0.1) is 6.10 Å². The number of aromatic nitrogens is 2. The van der Waals surface area contributed by atoms with Gasteiger partial charge in [-0.15, -0.1) is 0 Å². The van der Waals surface area contributed by atoms with Gasteiger partial charge in [0.2, 0.25) is 0 Å². The van der Waals surface area contributed by atoms with E-state index in [9.17, 15) is 4.79 Å². The number of benzene rings is 2. The number of carbonyl (C=O) groups excluding carboxylic acids is 1. The Morgan fingerprint density at radius 1 is 1.17 bits per heavy atom. The third-order valence-electron chi connectivity index (χ3n) is 4.86. The second-order valence-corrected chi connectivity index (χ2v) is 7.16. The minimum atomic E-state index is -0.213. The first-order valence-corrected chi connectivity index (χ1v) is 9.85. The van der Waals surface area contributed by atoms with E-state index in [4.69, 9.17) is 4.74 Å². The van der Waals surface area contributed by atoms with E-state index in [0.717, 1.165) is 36.3 Å². The van der Waals surface area contributed by atoms with Crippen molar-refractivity contribution in [2.75, 3.05) is 18.5 Å². The third-order valence-corrected chi connectivity index (χ3v) is 4.86. The van der Waals surface area contributed by atoms with E-state index in [1.165, 1.54) is 0 Å². The zero-order valence-corrected chi connectivity index (χ0v) is 16.4. The summed E-state index contributed by atoms with van der Waals surface area (Å²) in [5.41, 5.74) is 3.29. The van der Waals surface area contributed by atoms with Gasteiger partial charge in [-0.25, -0.2) is 9.97 Å². The standard InChI is InChI=1S/C23H24N4O2/c1-16-7-5-10-18(13-16)26-22-20(23(28)25-14-19-11-6-12-29-19)15-24-21(27-22)17-8-3-2-4-9-17/h2-5,7-10,13,15,19H,6,11-12,14H2,1H3,(H,25,28)(H,24,26,27). The average Bonchev–Trinajstić information content (AvgIpc) is 3.26. The van der Waals surface area contributed by atoms with Gasteiger partial charge in [0.25, 0.3) is 5.91 Å². The van der Waals surface area contributed by atoms with Crippen LogP contribution in [0.25, 0.3) is 11.4 Å². The van der Waals surface area contributed by atoms with Gasteiger partial charge in [0.1, 0.15) is 11.4 Å². The van der Waals surface area contributed by atoms with Gasteiger partial charge < -0.3 is 15.4 Å². The highest BCUT2D eigenvalue weighted by Crippen LogP contribution is 2.23. The van der Waals surface area contributed by atoms with Crippen LogP contribution in [0.1, 0.15) is 28.8 Å². The second-order valence-electron chi connectivity index (χ2n) is 7.16. The molecule has 0 saturated carbocycles. The topological polar surface area (TPSA) is 76.1 Å². The maximum Gasteiger partial charge on any atom is 0.256 e. The summed E-state index contributed by atoms with van der Waals surface area (Å²) in [6, 6.07) is 17.7. The van der Waals surface area contributed by atoms with Crippen LogP contribution in [-0.2, 0) is 4.74 Å². The predicted octanol–water partition coefficient (Wildman–Crippen LogP) is 4.10. The quantitative estimate of drug-likeness (QED) is 0.665. The number of rotatable bonds is 6. The molecule has 2 N–H and O–H groups in total. The number of nitrogens with zero attached hydrogens (tertiary/aromatic N) is 2. The molecule has 1 aliphatic rings. The Morgan fingerprint density at radius 2 is 2.03 bits per heavy atom. The molecule has 1 aromatic heterocycles. The van der Waals surface area contributed by atoms with Crippen LogP contribution in [0, 0.1) is 6.92 Å². The molecule has 2 aromatic carbocycles. The zero-order valence-electron chi connectivity index (χ0n) is 16.4. The van der Waals surface area contributed by atoms with E-state index >= 15 is 0 Å². The first-order valence-electron chi connectivity index (χ1n) is 9.85. The van der Waals surface area contributed by atoms with Crippen molar-refractivity contribution in [3.8, 4) is 11.4 Å². The molecule has 1 aliphatic heterocycles. The molecule has 2 heterocycles. The molecule has 148 valence electrons. The highest BCUT2D eigenvalue weighted by atomic mass is 16.5. The predicted molar refractivity (Wildman–Crippen MR) is 113 cm³/mol. The van der Waals surface area contributed by atoms with Gasteiger partial charge in [-0.2, -0.15) is 0 Å². The lowest BCUT2D eigenvalue weighted by atomic mass is 10.2. The molecule has 4 rings (SSSR count). The number of hydrogen-bond acceptors (Lipinski definition) is 5.